The number of carbonyl (C=O) groups is 1. The summed E-state index contributed by atoms with van der Waals surface area (Å²) >= 11 is 0. The SMILES string of the molecule is CCOc1ccccc1Nc1cc(Nc2ccccc2C(=O)O)ncn1. The fourth-order valence-electron chi connectivity index (χ4n) is 2.40. The molecule has 0 fully saturated rings. The van der Waals surface area contributed by atoms with Gasteiger partial charge in [0.05, 0.1) is 23.5 Å². The van der Waals surface area contributed by atoms with Gasteiger partial charge in [0, 0.05) is 6.07 Å². The Labute approximate surface area is 150 Å². The van der Waals surface area contributed by atoms with E-state index in [0.29, 0.717) is 23.9 Å². The lowest BCUT2D eigenvalue weighted by atomic mass is 10.2. The van der Waals surface area contributed by atoms with Crippen molar-refractivity contribution in [3.8, 4) is 5.75 Å². The lowest BCUT2D eigenvalue weighted by Crippen LogP contribution is -2.04. The van der Waals surface area contributed by atoms with E-state index in [1.54, 1.807) is 24.3 Å². The summed E-state index contributed by atoms with van der Waals surface area (Å²) in [7, 11) is 0. The van der Waals surface area contributed by atoms with Gasteiger partial charge >= 0.3 is 5.97 Å². The normalized spacial score (nSPS) is 10.2. The van der Waals surface area contributed by atoms with E-state index in [1.807, 2.05) is 31.2 Å². The molecule has 0 unspecified atom stereocenters. The summed E-state index contributed by atoms with van der Waals surface area (Å²) in [5.41, 5.74) is 1.41. The number of ether oxygens (including phenoxy) is 1. The van der Waals surface area contributed by atoms with E-state index in [2.05, 4.69) is 20.6 Å². The van der Waals surface area contributed by atoms with Gasteiger partial charge in [0.2, 0.25) is 0 Å². The van der Waals surface area contributed by atoms with Crippen LogP contribution in [-0.4, -0.2) is 27.7 Å². The molecular formula is C19H18N4O3. The first kappa shape index (κ1) is 17.2. The van der Waals surface area contributed by atoms with Gasteiger partial charge in [0.15, 0.2) is 0 Å². The van der Waals surface area contributed by atoms with Crippen molar-refractivity contribution in [3.63, 3.8) is 0 Å². The number of aromatic carboxylic acids is 1. The first-order valence-electron chi connectivity index (χ1n) is 8.07. The number of rotatable bonds is 7. The zero-order chi connectivity index (χ0) is 18.4. The van der Waals surface area contributed by atoms with Gasteiger partial charge in [-0.05, 0) is 31.2 Å². The molecule has 26 heavy (non-hydrogen) atoms. The Morgan fingerprint density at radius 1 is 1.00 bits per heavy atom. The minimum absolute atomic E-state index is 0.169. The smallest absolute Gasteiger partial charge is 0.337 e. The van der Waals surface area contributed by atoms with Crippen LogP contribution in [0.5, 0.6) is 5.75 Å². The summed E-state index contributed by atoms with van der Waals surface area (Å²) < 4.78 is 5.59. The fourth-order valence-corrected chi connectivity index (χ4v) is 2.40. The Morgan fingerprint density at radius 2 is 1.62 bits per heavy atom. The molecule has 1 heterocycles. The van der Waals surface area contributed by atoms with Crippen LogP contribution in [0.2, 0.25) is 0 Å². The number of carboxylic acid groups (broad SMARTS) is 1. The standard InChI is InChI=1S/C19H18N4O3/c1-2-26-16-10-6-5-9-15(16)23-18-11-17(20-12-21-18)22-14-8-4-3-7-13(14)19(24)25/h3-12H,2H2,1H3,(H,24,25)(H2,20,21,22,23). The van der Waals surface area contributed by atoms with Gasteiger partial charge in [-0.25, -0.2) is 14.8 Å². The van der Waals surface area contributed by atoms with E-state index in [9.17, 15) is 9.90 Å². The van der Waals surface area contributed by atoms with Gasteiger partial charge in [-0.3, -0.25) is 0 Å². The number of anilines is 4. The van der Waals surface area contributed by atoms with E-state index in [0.717, 1.165) is 11.4 Å². The molecule has 0 saturated carbocycles. The first-order valence-corrected chi connectivity index (χ1v) is 8.07. The lowest BCUT2D eigenvalue weighted by Gasteiger charge is -2.13. The second kappa shape index (κ2) is 7.98. The Hall–Kier alpha value is -3.61. The zero-order valence-electron chi connectivity index (χ0n) is 14.1. The van der Waals surface area contributed by atoms with Crippen LogP contribution in [0.3, 0.4) is 0 Å². The number of aromatic nitrogens is 2. The summed E-state index contributed by atoms with van der Waals surface area (Å²) in [6.07, 6.45) is 1.40. The topological polar surface area (TPSA) is 96.4 Å². The highest BCUT2D eigenvalue weighted by atomic mass is 16.5. The van der Waals surface area contributed by atoms with E-state index < -0.39 is 5.97 Å². The molecule has 3 rings (SSSR count). The van der Waals surface area contributed by atoms with Crippen molar-refractivity contribution in [2.75, 3.05) is 17.2 Å². The maximum absolute atomic E-state index is 11.3. The molecule has 3 aromatic rings. The predicted molar refractivity (Wildman–Crippen MR) is 99.6 cm³/mol. The third-order valence-electron chi connectivity index (χ3n) is 3.54. The highest BCUT2D eigenvalue weighted by molar-refractivity contribution is 5.95. The highest BCUT2D eigenvalue weighted by Crippen LogP contribution is 2.27. The van der Waals surface area contributed by atoms with Gasteiger partial charge in [0.1, 0.15) is 23.7 Å². The van der Waals surface area contributed by atoms with Crippen LogP contribution in [0.1, 0.15) is 17.3 Å². The second-order valence-electron chi connectivity index (χ2n) is 5.32. The number of nitrogens with zero attached hydrogens (tertiary/aromatic N) is 2. The largest absolute Gasteiger partial charge is 0.492 e. The lowest BCUT2D eigenvalue weighted by molar-refractivity contribution is 0.0698. The monoisotopic (exact) mass is 350 g/mol. The van der Waals surface area contributed by atoms with Gasteiger partial charge in [-0.1, -0.05) is 24.3 Å². The molecule has 7 heteroatoms. The van der Waals surface area contributed by atoms with Crippen molar-refractivity contribution in [3.05, 3.63) is 66.5 Å². The van der Waals surface area contributed by atoms with Crippen molar-refractivity contribution in [2.24, 2.45) is 0 Å². The molecule has 132 valence electrons. The van der Waals surface area contributed by atoms with Crippen molar-refractivity contribution in [1.29, 1.82) is 0 Å². The van der Waals surface area contributed by atoms with Crippen LogP contribution in [0.25, 0.3) is 0 Å². The minimum Gasteiger partial charge on any atom is -0.492 e. The molecular weight excluding hydrogens is 332 g/mol. The van der Waals surface area contributed by atoms with Crippen molar-refractivity contribution in [1.82, 2.24) is 9.97 Å². The van der Waals surface area contributed by atoms with Crippen molar-refractivity contribution >= 4 is 29.0 Å². The van der Waals surface area contributed by atoms with Crippen LogP contribution in [0.15, 0.2) is 60.9 Å². The second-order valence-corrected chi connectivity index (χ2v) is 5.32. The third-order valence-corrected chi connectivity index (χ3v) is 3.54. The Bertz CT molecular complexity index is 915. The Kier molecular flexibility index (Phi) is 5.28. The van der Waals surface area contributed by atoms with Gasteiger partial charge < -0.3 is 20.5 Å². The van der Waals surface area contributed by atoms with Crippen molar-refractivity contribution in [2.45, 2.75) is 6.92 Å². The number of hydrogen-bond donors (Lipinski definition) is 3. The van der Waals surface area contributed by atoms with Crippen LogP contribution in [0.4, 0.5) is 23.0 Å². The Morgan fingerprint density at radius 3 is 2.31 bits per heavy atom. The summed E-state index contributed by atoms with van der Waals surface area (Å²) in [6, 6.07) is 15.9. The van der Waals surface area contributed by atoms with E-state index in [-0.39, 0.29) is 5.56 Å². The summed E-state index contributed by atoms with van der Waals surface area (Å²) in [6.45, 7) is 2.48. The van der Waals surface area contributed by atoms with Crippen LogP contribution < -0.4 is 15.4 Å². The molecule has 2 aromatic carbocycles. The maximum Gasteiger partial charge on any atom is 0.337 e. The molecule has 0 saturated heterocycles. The molecule has 3 N–H and O–H groups in total. The number of hydrogen-bond acceptors (Lipinski definition) is 6. The Balaban J connectivity index is 1.83. The van der Waals surface area contributed by atoms with E-state index >= 15 is 0 Å². The molecule has 7 nitrogen and oxygen atoms in total. The average Bonchev–Trinajstić information content (AvgIpc) is 2.64. The fraction of sp³-hybridized carbons (Fsp3) is 0.105. The summed E-state index contributed by atoms with van der Waals surface area (Å²) in [5.74, 6) is 0.748. The van der Waals surface area contributed by atoms with Crippen LogP contribution in [-0.2, 0) is 0 Å². The number of nitrogens with one attached hydrogen (secondary N) is 2. The number of para-hydroxylation sites is 3. The number of benzene rings is 2. The van der Waals surface area contributed by atoms with E-state index in [1.165, 1.54) is 12.4 Å². The number of carboxylic acids is 1. The molecule has 0 spiro atoms. The predicted octanol–water partition coefficient (Wildman–Crippen LogP) is 4.06. The minimum atomic E-state index is -1.01. The molecule has 0 atom stereocenters. The third kappa shape index (κ3) is 4.07. The zero-order valence-corrected chi connectivity index (χ0v) is 14.1. The molecule has 0 aliphatic rings. The highest BCUT2D eigenvalue weighted by Gasteiger charge is 2.10. The average molecular weight is 350 g/mol. The van der Waals surface area contributed by atoms with Gasteiger partial charge in [-0.15, -0.1) is 0 Å². The molecule has 1 aromatic heterocycles. The molecule has 0 bridgehead atoms. The van der Waals surface area contributed by atoms with Crippen molar-refractivity contribution < 1.29 is 14.6 Å². The summed E-state index contributed by atoms with van der Waals surface area (Å²) in [4.78, 5) is 19.7. The first-order chi connectivity index (χ1) is 12.7. The molecule has 0 aliphatic heterocycles. The molecule has 0 aliphatic carbocycles. The van der Waals surface area contributed by atoms with Gasteiger partial charge in [-0.2, -0.15) is 0 Å². The quantitative estimate of drug-likeness (QED) is 0.591. The maximum atomic E-state index is 11.3. The summed E-state index contributed by atoms with van der Waals surface area (Å²) in [5, 5.41) is 15.5. The van der Waals surface area contributed by atoms with Gasteiger partial charge in [0.25, 0.3) is 0 Å². The van der Waals surface area contributed by atoms with Crippen LogP contribution >= 0.6 is 0 Å². The molecule has 0 radical (unpaired) electrons. The van der Waals surface area contributed by atoms with E-state index in [4.69, 9.17) is 4.74 Å². The van der Waals surface area contributed by atoms with Crippen LogP contribution in [0, 0.1) is 0 Å². The molecule has 0 amide bonds.